The Morgan fingerprint density at radius 3 is 2.48 bits per heavy atom. The minimum absolute atomic E-state index is 0.102. The van der Waals surface area contributed by atoms with Gasteiger partial charge in [-0.15, -0.1) is 0 Å². The van der Waals surface area contributed by atoms with E-state index in [1.807, 2.05) is 31.2 Å². The van der Waals surface area contributed by atoms with Crippen LogP contribution in [0.2, 0.25) is 0 Å². The van der Waals surface area contributed by atoms with Crippen molar-refractivity contribution in [1.29, 1.82) is 0 Å². The molecule has 1 fully saturated rings. The quantitative estimate of drug-likeness (QED) is 0.749. The van der Waals surface area contributed by atoms with Gasteiger partial charge in [0.05, 0.1) is 13.0 Å². The van der Waals surface area contributed by atoms with E-state index >= 15 is 0 Å². The minimum atomic E-state index is 0.102. The zero-order valence-electron chi connectivity index (χ0n) is 14.4. The van der Waals surface area contributed by atoms with Crippen molar-refractivity contribution in [2.24, 2.45) is 0 Å². The van der Waals surface area contributed by atoms with Crippen LogP contribution < -0.4 is 10.1 Å². The predicted molar refractivity (Wildman–Crippen MR) is 93.8 cm³/mol. The molecule has 23 heavy (non-hydrogen) atoms. The van der Waals surface area contributed by atoms with Crippen LogP contribution in [0.4, 0.5) is 0 Å². The Hall–Kier alpha value is -1.55. The summed E-state index contributed by atoms with van der Waals surface area (Å²) in [7, 11) is 0. The van der Waals surface area contributed by atoms with Crippen molar-refractivity contribution in [3.05, 3.63) is 29.8 Å². The number of ether oxygens (including phenoxy) is 1. The third-order valence-electron chi connectivity index (χ3n) is 4.27. The van der Waals surface area contributed by atoms with Gasteiger partial charge in [0.2, 0.25) is 5.91 Å². The van der Waals surface area contributed by atoms with Crippen LogP contribution in [-0.4, -0.2) is 43.6 Å². The number of rotatable bonds is 8. The Balaban J connectivity index is 1.60. The summed E-state index contributed by atoms with van der Waals surface area (Å²) in [6.45, 7) is 6.94. The first-order valence-corrected chi connectivity index (χ1v) is 8.98. The molecule has 2 rings (SSSR count). The molecule has 1 heterocycles. The smallest absolute Gasteiger partial charge is 0.224 e. The summed E-state index contributed by atoms with van der Waals surface area (Å²) in [6, 6.07) is 7.76. The van der Waals surface area contributed by atoms with Gasteiger partial charge >= 0.3 is 0 Å². The highest BCUT2D eigenvalue weighted by molar-refractivity contribution is 5.78. The van der Waals surface area contributed by atoms with Crippen molar-refractivity contribution >= 4 is 5.91 Å². The van der Waals surface area contributed by atoms with Gasteiger partial charge in [-0.05, 0) is 63.5 Å². The molecule has 0 aliphatic carbocycles. The Labute approximate surface area is 140 Å². The van der Waals surface area contributed by atoms with Crippen molar-refractivity contribution in [3.63, 3.8) is 0 Å². The fourth-order valence-electron chi connectivity index (χ4n) is 3.01. The Morgan fingerprint density at radius 1 is 1.13 bits per heavy atom. The largest absolute Gasteiger partial charge is 0.494 e. The van der Waals surface area contributed by atoms with E-state index < -0.39 is 0 Å². The van der Waals surface area contributed by atoms with Crippen LogP contribution in [0.5, 0.6) is 5.75 Å². The number of hydrogen-bond donors (Lipinski definition) is 1. The number of amides is 1. The maximum Gasteiger partial charge on any atom is 0.224 e. The number of carbonyl (C=O) groups excluding carboxylic acids is 1. The fourth-order valence-corrected chi connectivity index (χ4v) is 3.01. The molecule has 0 bridgehead atoms. The molecule has 1 saturated heterocycles. The molecule has 0 atom stereocenters. The summed E-state index contributed by atoms with van der Waals surface area (Å²) < 4.78 is 5.41. The molecule has 1 amide bonds. The van der Waals surface area contributed by atoms with Gasteiger partial charge in [0.1, 0.15) is 5.75 Å². The minimum Gasteiger partial charge on any atom is -0.494 e. The van der Waals surface area contributed by atoms with Crippen LogP contribution >= 0.6 is 0 Å². The zero-order valence-corrected chi connectivity index (χ0v) is 14.4. The van der Waals surface area contributed by atoms with Crippen LogP contribution in [0, 0.1) is 0 Å². The van der Waals surface area contributed by atoms with E-state index in [2.05, 4.69) is 10.2 Å². The lowest BCUT2D eigenvalue weighted by Crippen LogP contribution is -2.31. The topological polar surface area (TPSA) is 41.6 Å². The van der Waals surface area contributed by atoms with E-state index in [9.17, 15) is 4.79 Å². The molecule has 0 unspecified atom stereocenters. The van der Waals surface area contributed by atoms with Crippen LogP contribution in [0.25, 0.3) is 0 Å². The molecule has 128 valence electrons. The highest BCUT2D eigenvalue weighted by Crippen LogP contribution is 2.12. The van der Waals surface area contributed by atoms with Crippen LogP contribution in [0.3, 0.4) is 0 Å². The molecule has 4 nitrogen and oxygen atoms in total. The van der Waals surface area contributed by atoms with Gasteiger partial charge in [0, 0.05) is 6.54 Å². The van der Waals surface area contributed by atoms with Gasteiger partial charge in [-0.25, -0.2) is 0 Å². The fraction of sp³-hybridized carbons (Fsp3) is 0.632. The highest BCUT2D eigenvalue weighted by atomic mass is 16.5. The maximum atomic E-state index is 12.0. The normalized spacial score (nSPS) is 15.9. The second-order valence-corrected chi connectivity index (χ2v) is 6.21. The van der Waals surface area contributed by atoms with Gasteiger partial charge in [-0.1, -0.05) is 25.0 Å². The van der Waals surface area contributed by atoms with Crippen molar-refractivity contribution < 1.29 is 9.53 Å². The second-order valence-electron chi connectivity index (χ2n) is 6.21. The number of nitrogens with zero attached hydrogens (tertiary/aromatic N) is 1. The van der Waals surface area contributed by atoms with Gasteiger partial charge in [-0.3, -0.25) is 4.79 Å². The Morgan fingerprint density at radius 2 is 1.83 bits per heavy atom. The molecule has 1 N–H and O–H groups in total. The van der Waals surface area contributed by atoms with Crippen LogP contribution in [0.15, 0.2) is 24.3 Å². The lowest BCUT2D eigenvalue weighted by molar-refractivity contribution is -0.120. The summed E-state index contributed by atoms with van der Waals surface area (Å²) >= 11 is 0. The van der Waals surface area contributed by atoms with Crippen LogP contribution in [-0.2, 0) is 11.2 Å². The monoisotopic (exact) mass is 318 g/mol. The number of carbonyl (C=O) groups is 1. The molecule has 0 spiro atoms. The van der Waals surface area contributed by atoms with E-state index in [-0.39, 0.29) is 5.91 Å². The lowest BCUT2D eigenvalue weighted by atomic mass is 10.1. The first-order valence-electron chi connectivity index (χ1n) is 8.98. The molecule has 0 saturated carbocycles. The van der Waals surface area contributed by atoms with Crippen molar-refractivity contribution in [3.8, 4) is 5.75 Å². The van der Waals surface area contributed by atoms with E-state index in [0.29, 0.717) is 13.0 Å². The van der Waals surface area contributed by atoms with E-state index in [0.717, 1.165) is 30.8 Å². The Kier molecular flexibility index (Phi) is 7.95. The molecule has 0 radical (unpaired) electrons. The van der Waals surface area contributed by atoms with Gasteiger partial charge in [0.15, 0.2) is 0 Å². The average Bonchev–Trinajstić information content (AvgIpc) is 2.82. The molecule has 0 aromatic heterocycles. The SMILES string of the molecule is CCOc1ccc(CC(=O)NCCCN2CCCCCC2)cc1. The van der Waals surface area contributed by atoms with Gasteiger partial charge < -0.3 is 15.0 Å². The summed E-state index contributed by atoms with van der Waals surface area (Å²) in [6.07, 6.45) is 6.87. The Bertz CT molecular complexity index is 451. The van der Waals surface area contributed by atoms with Crippen LogP contribution in [0.1, 0.15) is 44.6 Å². The number of nitrogens with one attached hydrogen (secondary N) is 1. The standard InChI is InChI=1S/C19H30N2O2/c1-2-23-18-10-8-17(9-11-18)16-19(22)20-12-7-15-21-13-5-3-4-6-14-21/h8-11H,2-7,12-16H2,1H3,(H,20,22). The first-order chi connectivity index (χ1) is 11.3. The number of benzene rings is 1. The number of likely N-dealkylation sites (tertiary alicyclic amines) is 1. The van der Waals surface area contributed by atoms with E-state index in [1.165, 1.54) is 38.8 Å². The molecule has 4 heteroatoms. The first kappa shape index (κ1) is 17.8. The zero-order chi connectivity index (χ0) is 16.3. The summed E-state index contributed by atoms with van der Waals surface area (Å²) in [5.74, 6) is 0.958. The lowest BCUT2D eigenvalue weighted by Gasteiger charge is -2.19. The molecule has 1 aromatic rings. The van der Waals surface area contributed by atoms with Gasteiger partial charge in [0.25, 0.3) is 0 Å². The molecule has 1 aromatic carbocycles. The van der Waals surface area contributed by atoms with Crippen molar-refractivity contribution in [1.82, 2.24) is 10.2 Å². The van der Waals surface area contributed by atoms with Crippen molar-refractivity contribution in [2.75, 3.05) is 32.8 Å². The summed E-state index contributed by atoms with van der Waals surface area (Å²) in [5.41, 5.74) is 1.03. The predicted octanol–water partition coefficient (Wildman–Crippen LogP) is 3.01. The second kappa shape index (κ2) is 10.3. The third-order valence-corrected chi connectivity index (χ3v) is 4.27. The molecule has 1 aliphatic heterocycles. The summed E-state index contributed by atoms with van der Waals surface area (Å²) in [5, 5.41) is 3.03. The van der Waals surface area contributed by atoms with E-state index in [4.69, 9.17) is 4.74 Å². The van der Waals surface area contributed by atoms with Crippen molar-refractivity contribution in [2.45, 2.75) is 45.4 Å². The third kappa shape index (κ3) is 7.04. The highest BCUT2D eigenvalue weighted by Gasteiger charge is 2.08. The maximum absolute atomic E-state index is 12.0. The molecular formula is C19H30N2O2. The molecular weight excluding hydrogens is 288 g/mol. The van der Waals surface area contributed by atoms with E-state index in [1.54, 1.807) is 0 Å². The molecule has 1 aliphatic rings. The summed E-state index contributed by atoms with van der Waals surface area (Å²) in [4.78, 5) is 14.5. The van der Waals surface area contributed by atoms with Gasteiger partial charge in [-0.2, -0.15) is 0 Å². The number of hydrogen-bond acceptors (Lipinski definition) is 3. The average molecular weight is 318 g/mol.